The average Bonchev–Trinajstić information content (AvgIpc) is 2.24. The first kappa shape index (κ1) is 16.2. The zero-order valence-electron chi connectivity index (χ0n) is 10.9. The first-order valence-electron chi connectivity index (χ1n) is 5.25. The molecule has 0 radical (unpaired) electrons. The zero-order chi connectivity index (χ0) is 13.9. The number of nitrogens with two attached hydrogens (primary N) is 1. The number of esters is 1. The summed E-state index contributed by atoms with van der Waals surface area (Å²) in [6, 6.07) is -0.971. The Kier molecular flexibility index (Phi) is 5.48. The molecule has 0 rings (SSSR count). The van der Waals surface area contributed by atoms with E-state index >= 15 is 0 Å². The summed E-state index contributed by atoms with van der Waals surface area (Å²) in [4.78, 5) is 22.3. The van der Waals surface area contributed by atoms with Crippen LogP contribution in [0.3, 0.4) is 0 Å². The highest BCUT2D eigenvalue weighted by Gasteiger charge is 2.37. The van der Waals surface area contributed by atoms with Gasteiger partial charge in [0.1, 0.15) is 6.04 Å². The van der Waals surface area contributed by atoms with Crippen LogP contribution in [0.1, 0.15) is 27.7 Å². The fourth-order valence-electron chi connectivity index (χ4n) is 1.09. The fourth-order valence-corrected chi connectivity index (χ4v) is 2.22. The van der Waals surface area contributed by atoms with Crippen molar-refractivity contribution in [3.63, 3.8) is 0 Å². The van der Waals surface area contributed by atoms with Gasteiger partial charge in [0, 0.05) is 10.5 Å². The Bertz CT molecular complexity index is 302. The molecule has 5 nitrogen and oxygen atoms in total. The quantitative estimate of drug-likeness (QED) is 0.698. The maximum absolute atomic E-state index is 11.5. The lowest BCUT2D eigenvalue weighted by atomic mass is 9.97. The lowest BCUT2D eigenvalue weighted by Crippen LogP contribution is -2.47. The molecule has 0 aliphatic heterocycles. The van der Waals surface area contributed by atoms with E-state index in [1.54, 1.807) is 27.7 Å². The molecule has 100 valence electrons. The van der Waals surface area contributed by atoms with Crippen LogP contribution in [-0.4, -0.2) is 40.7 Å². The molecule has 0 fully saturated rings. The molecule has 0 aromatic rings. The summed E-state index contributed by atoms with van der Waals surface area (Å²) in [6.45, 7) is 7.02. The maximum Gasteiger partial charge on any atom is 0.321 e. The number of rotatable bonds is 6. The molecule has 0 heterocycles. The summed E-state index contributed by atoms with van der Waals surface area (Å²) < 4.78 is 4.05. The molecule has 17 heavy (non-hydrogen) atoms. The van der Waals surface area contributed by atoms with Crippen molar-refractivity contribution in [1.82, 2.24) is 0 Å². The molecular weight excluding hydrogens is 242 g/mol. The predicted molar refractivity (Wildman–Crippen MR) is 67.9 cm³/mol. The summed E-state index contributed by atoms with van der Waals surface area (Å²) in [5.41, 5.74) is 4.94. The number of methoxy groups -OCH3 is 1. The van der Waals surface area contributed by atoms with Crippen molar-refractivity contribution < 1.29 is 19.4 Å². The molecule has 0 spiro atoms. The maximum atomic E-state index is 11.5. The van der Waals surface area contributed by atoms with Crippen LogP contribution >= 0.6 is 11.8 Å². The van der Waals surface area contributed by atoms with E-state index in [9.17, 15) is 9.59 Å². The van der Waals surface area contributed by atoms with Crippen molar-refractivity contribution in [2.45, 2.75) is 38.5 Å². The van der Waals surface area contributed by atoms with Crippen LogP contribution in [0, 0.1) is 5.41 Å². The Morgan fingerprint density at radius 3 is 2.18 bits per heavy atom. The molecule has 0 saturated heterocycles. The van der Waals surface area contributed by atoms with E-state index in [-0.39, 0.29) is 5.97 Å². The van der Waals surface area contributed by atoms with E-state index in [0.29, 0.717) is 5.75 Å². The van der Waals surface area contributed by atoms with E-state index in [2.05, 4.69) is 4.74 Å². The van der Waals surface area contributed by atoms with Crippen LogP contribution in [0.25, 0.3) is 0 Å². The molecule has 6 heteroatoms. The third-order valence-electron chi connectivity index (χ3n) is 2.56. The Labute approximate surface area is 106 Å². The molecule has 0 aromatic heterocycles. The van der Waals surface area contributed by atoms with Crippen LogP contribution in [0.2, 0.25) is 0 Å². The minimum atomic E-state index is -1.04. The topological polar surface area (TPSA) is 89.6 Å². The third kappa shape index (κ3) is 4.55. The fraction of sp³-hybridized carbons (Fsp3) is 0.818. The molecule has 0 aliphatic rings. The first-order valence-corrected chi connectivity index (χ1v) is 6.24. The molecular formula is C11H21NO4S. The minimum absolute atomic E-state index is 0.315. The monoisotopic (exact) mass is 263 g/mol. The van der Waals surface area contributed by atoms with Gasteiger partial charge in [-0.25, -0.2) is 0 Å². The number of hydrogen-bond acceptors (Lipinski definition) is 5. The standard InChI is InChI=1S/C11H21NO4S/c1-10(2,9(15)16-5)6-17-11(3,4)7(12)8(13)14/h7H,6,12H2,1-5H3,(H,13,14)/t7-/m0/s1. The van der Waals surface area contributed by atoms with Gasteiger partial charge in [-0.1, -0.05) is 0 Å². The molecule has 0 saturated carbocycles. The number of thioether (sulfide) groups is 1. The van der Waals surface area contributed by atoms with Crippen LogP contribution in [0.15, 0.2) is 0 Å². The van der Waals surface area contributed by atoms with E-state index < -0.39 is 22.2 Å². The normalized spacial score (nSPS) is 14.2. The number of carboxylic acids is 1. The number of hydrogen-bond donors (Lipinski definition) is 2. The van der Waals surface area contributed by atoms with E-state index in [1.807, 2.05) is 0 Å². The molecule has 0 aliphatic carbocycles. The smallest absolute Gasteiger partial charge is 0.321 e. The van der Waals surface area contributed by atoms with Crippen molar-refractivity contribution in [2.75, 3.05) is 12.9 Å². The van der Waals surface area contributed by atoms with Crippen molar-refractivity contribution in [1.29, 1.82) is 0 Å². The van der Waals surface area contributed by atoms with Crippen LogP contribution < -0.4 is 5.73 Å². The lowest BCUT2D eigenvalue weighted by molar-refractivity contribution is -0.149. The van der Waals surface area contributed by atoms with Gasteiger partial charge < -0.3 is 15.6 Å². The summed E-state index contributed by atoms with van der Waals surface area (Å²) in [6.07, 6.45) is 0. The van der Waals surface area contributed by atoms with Crippen LogP contribution in [0.4, 0.5) is 0 Å². The van der Waals surface area contributed by atoms with E-state index in [0.717, 1.165) is 0 Å². The van der Waals surface area contributed by atoms with Crippen molar-refractivity contribution in [3.05, 3.63) is 0 Å². The Morgan fingerprint density at radius 2 is 1.82 bits per heavy atom. The van der Waals surface area contributed by atoms with Gasteiger partial charge in [-0.15, -0.1) is 0 Å². The largest absolute Gasteiger partial charge is 0.480 e. The van der Waals surface area contributed by atoms with Gasteiger partial charge in [0.2, 0.25) is 0 Å². The van der Waals surface area contributed by atoms with E-state index in [1.165, 1.54) is 18.9 Å². The Hall–Kier alpha value is -0.750. The summed E-state index contributed by atoms with van der Waals surface area (Å²) in [5, 5.41) is 8.87. The second-order valence-electron chi connectivity index (χ2n) is 5.08. The highest BCUT2D eigenvalue weighted by Crippen LogP contribution is 2.33. The summed E-state index contributed by atoms with van der Waals surface area (Å²) in [7, 11) is 1.34. The Morgan fingerprint density at radius 1 is 1.35 bits per heavy atom. The van der Waals surface area contributed by atoms with Gasteiger partial charge in [0.25, 0.3) is 0 Å². The summed E-state index contributed by atoms with van der Waals surface area (Å²) >= 11 is 1.36. The SMILES string of the molecule is COC(=O)C(C)(C)CSC(C)(C)[C@@H](N)C(=O)O. The van der Waals surface area contributed by atoms with Gasteiger partial charge in [-0.2, -0.15) is 11.8 Å². The number of carbonyl (C=O) groups is 2. The van der Waals surface area contributed by atoms with Gasteiger partial charge in [0.05, 0.1) is 12.5 Å². The van der Waals surface area contributed by atoms with E-state index in [4.69, 9.17) is 10.8 Å². The number of carboxylic acid groups (broad SMARTS) is 1. The molecule has 1 atom stereocenters. The average molecular weight is 263 g/mol. The molecule has 0 bridgehead atoms. The highest BCUT2D eigenvalue weighted by molar-refractivity contribution is 8.00. The number of ether oxygens (including phenoxy) is 1. The molecule has 0 aromatic carbocycles. The highest BCUT2D eigenvalue weighted by atomic mass is 32.2. The first-order chi connectivity index (χ1) is 7.54. The van der Waals surface area contributed by atoms with Gasteiger partial charge >= 0.3 is 11.9 Å². The van der Waals surface area contributed by atoms with Crippen LogP contribution in [-0.2, 0) is 14.3 Å². The van der Waals surface area contributed by atoms with Crippen molar-refractivity contribution in [2.24, 2.45) is 11.1 Å². The molecule has 0 unspecified atom stereocenters. The zero-order valence-corrected chi connectivity index (χ0v) is 11.8. The van der Waals surface area contributed by atoms with Gasteiger partial charge in [-0.3, -0.25) is 9.59 Å². The lowest BCUT2D eigenvalue weighted by Gasteiger charge is -2.31. The molecule has 3 N–H and O–H groups in total. The Balaban J connectivity index is 4.56. The summed E-state index contributed by atoms with van der Waals surface area (Å²) in [5.74, 6) is -0.906. The minimum Gasteiger partial charge on any atom is -0.480 e. The third-order valence-corrected chi connectivity index (χ3v) is 4.42. The number of aliphatic carboxylic acids is 1. The van der Waals surface area contributed by atoms with Gasteiger partial charge in [0.15, 0.2) is 0 Å². The van der Waals surface area contributed by atoms with Gasteiger partial charge in [-0.05, 0) is 27.7 Å². The second-order valence-corrected chi connectivity index (χ2v) is 6.71. The van der Waals surface area contributed by atoms with Crippen LogP contribution in [0.5, 0.6) is 0 Å². The molecule has 0 amide bonds. The second kappa shape index (κ2) is 5.73. The van der Waals surface area contributed by atoms with Crippen molar-refractivity contribution >= 4 is 23.7 Å². The van der Waals surface area contributed by atoms with Crippen molar-refractivity contribution in [3.8, 4) is 0 Å². The number of carbonyl (C=O) groups excluding carboxylic acids is 1. The predicted octanol–water partition coefficient (Wildman–Crippen LogP) is 1.11.